The first-order valence-corrected chi connectivity index (χ1v) is 19.5. The van der Waals surface area contributed by atoms with E-state index in [2.05, 4.69) is 20.1 Å². The van der Waals surface area contributed by atoms with Crippen LogP contribution in [-0.2, 0) is 49.7 Å². The standard InChI is InChI=1S/C28H28N6O10S4/c29-45(37,38)23-9-5-21(6-10-23)33-47(41,42)25-13-1-19(2-14-25)31-27(35)17-18-28(36)32-20-3-15-26(16-4-20)48(43,44)34-22-7-11-24(12-8-22)46(30,39)40/h1-16,33-34H,17-18H2,(H,31,35)(H,32,36)(H2,29,37,38)(H2,30,39,40). The van der Waals surface area contributed by atoms with Crippen molar-refractivity contribution in [1.82, 2.24) is 0 Å². The van der Waals surface area contributed by atoms with E-state index in [9.17, 15) is 43.3 Å². The van der Waals surface area contributed by atoms with E-state index in [1.54, 1.807) is 0 Å². The Morgan fingerprint density at radius 1 is 0.417 bits per heavy atom. The first-order valence-electron chi connectivity index (χ1n) is 13.4. The molecule has 0 unspecified atom stereocenters. The summed E-state index contributed by atoms with van der Waals surface area (Å²) >= 11 is 0. The van der Waals surface area contributed by atoms with Gasteiger partial charge in [-0.15, -0.1) is 0 Å². The van der Waals surface area contributed by atoms with Crippen molar-refractivity contribution in [1.29, 1.82) is 0 Å². The summed E-state index contributed by atoms with van der Waals surface area (Å²) in [6.07, 6.45) is -0.439. The second kappa shape index (κ2) is 14.1. The van der Waals surface area contributed by atoms with Gasteiger partial charge in [-0.1, -0.05) is 0 Å². The van der Waals surface area contributed by atoms with E-state index >= 15 is 0 Å². The number of nitrogens with two attached hydrogens (primary N) is 2. The molecule has 2 amide bonds. The summed E-state index contributed by atoms with van der Waals surface area (Å²) in [5, 5.41) is 15.2. The minimum Gasteiger partial charge on any atom is -0.326 e. The molecule has 4 rings (SSSR count). The summed E-state index contributed by atoms with van der Waals surface area (Å²) in [6, 6.07) is 19.9. The van der Waals surface area contributed by atoms with Crippen molar-refractivity contribution < 1.29 is 43.3 Å². The maximum Gasteiger partial charge on any atom is 0.261 e. The molecule has 4 aromatic rings. The fraction of sp³-hybridized carbons (Fsp3) is 0.0714. The van der Waals surface area contributed by atoms with Crippen LogP contribution in [0.25, 0.3) is 0 Å². The smallest absolute Gasteiger partial charge is 0.261 e. The zero-order valence-corrected chi connectivity index (χ0v) is 27.8. The Morgan fingerprint density at radius 2 is 0.667 bits per heavy atom. The zero-order chi connectivity index (χ0) is 35.3. The van der Waals surface area contributed by atoms with Gasteiger partial charge in [-0.25, -0.2) is 43.9 Å². The predicted molar refractivity (Wildman–Crippen MR) is 177 cm³/mol. The number of hydrogen-bond donors (Lipinski definition) is 6. The topological polar surface area (TPSA) is 271 Å². The molecular weight excluding hydrogens is 709 g/mol. The second-order valence-corrected chi connectivity index (χ2v) is 16.5. The number of rotatable bonds is 13. The van der Waals surface area contributed by atoms with Crippen LogP contribution < -0.4 is 30.4 Å². The molecule has 0 atom stereocenters. The molecule has 0 aliphatic heterocycles. The number of anilines is 4. The van der Waals surface area contributed by atoms with E-state index in [1.165, 1.54) is 72.8 Å². The van der Waals surface area contributed by atoms with E-state index in [4.69, 9.17) is 10.3 Å². The van der Waals surface area contributed by atoms with Gasteiger partial charge in [-0.3, -0.25) is 19.0 Å². The van der Waals surface area contributed by atoms with Crippen LogP contribution in [0.3, 0.4) is 0 Å². The molecule has 0 saturated carbocycles. The van der Waals surface area contributed by atoms with Gasteiger partial charge in [0.2, 0.25) is 31.9 Å². The summed E-state index contributed by atoms with van der Waals surface area (Å²) in [6.45, 7) is 0. The molecule has 8 N–H and O–H groups in total. The number of carbonyl (C=O) groups excluding carboxylic acids is 2. The monoisotopic (exact) mass is 736 g/mol. The van der Waals surface area contributed by atoms with Crippen LogP contribution in [0.1, 0.15) is 12.8 Å². The molecule has 0 radical (unpaired) electrons. The molecule has 0 aliphatic rings. The highest BCUT2D eigenvalue weighted by atomic mass is 32.2. The van der Waals surface area contributed by atoms with Gasteiger partial charge in [0.1, 0.15) is 0 Å². The average Bonchev–Trinajstić information content (AvgIpc) is 3.00. The Hall–Kier alpha value is -4.86. The molecule has 0 aliphatic carbocycles. The average molecular weight is 737 g/mol. The lowest BCUT2D eigenvalue weighted by Crippen LogP contribution is -2.18. The number of benzene rings is 4. The van der Waals surface area contributed by atoms with E-state index < -0.39 is 51.9 Å². The highest BCUT2D eigenvalue weighted by molar-refractivity contribution is 7.93. The summed E-state index contributed by atoms with van der Waals surface area (Å²) in [7, 11) is -16.0. The molecule has 0 aromatic heterocycles. The van der Waals surface area contributed by atoms with E-state index in [-0.39, 0.29) is 55.2 Å². The second-order valence-electron chi connectivity index (χ2n) is 9.99. The van der Waals surface area contributed by atoms with Gasteiger partial charge < -0.3 is 10.6 Å². The van der Waals surface area contributed by atoms with E-state index in [0.717, 1.165) is 24.3 Å². The summed E-state index contributed by atoms with van der Waals surface area (Å²) in [5.41, 5.74) is 0.734. The van der Waals surface area contributed by atoms with Gasteiger partial charge in [-0.2, -0.15) is 0 Å². The molecule has 4 aromatic carbocycles. The van der Waals surface area contributed by atoms with Crippen LogP contribution in [0.4, 0.5) is 22.7 Å². The van der Waals surface area contributed by atoms with Crippen LogP contribution in [0, 0.1) is 0 Å². The lowest BCUT2D eigenvalue weighted by atomic mass is 10.2. The Bertz CT molecular complexity index is 2100. The van der Waals surface area contributed by atoms with Crippen LogP contribution in [0.2, 0.25) is 0 Å². The minimum absolute atomic E-state index is 0.101. The van der Waals surface area contributed by atoms with Gasteiger partial charge in [0.15, 0.2) is 0 Å². The minimum atomic E-state index is -4.04. The molecule has 20 heteroatoms. The quantitative estimate of drug-likeness (QED) is 0.116. The van der Waals surface area contributed by atoms with Crippen LogP contribution >= 0.6 is 0 Å². The first kappa shape index (κ1) is 36.0. The van der Waals surface area contributed by atoms with Crippen molar-refractivity contribution in [3.05, 3.63) is 97.1 Å². The highest BCUT2D eigenvalue weighted by Crippen LogP contribution is 2.22. The van der Waals surface area contributed by atoms with Gasteiger partial charge in [0, 0.05) is 35.6 Å². The summed E-state index contributed by atoms with van der Waals surface area (Å²) in [5.74, 6) is -1.06. The molecule has 0 heterocycles. The van der Waals surface area contributed by atoms with Crippen LogP contribution in [0.15, 0.2) is 117 Å². The third-order valence-electron chi connectivity index (χ3n) is 6.35. The molecule has 0 spiro atoms. The largest absolute Gasteiger partial charge is 0.326 e. The Labute approximate surface area is 276 Å². The van der Waals surface area contributed by atoms with Gasteiger partial charge in [0.05, 0.1) is 19.6 Å². The van der Waals surface area contributed by atoms with Crippen molar-refractivity contribution in [2.24, 2.45) is 10.3 Å². The van der Waals surface area contributed by atoms with Gasteiger partial charge in [0.25, 0.3) is 20.0 Å². The summed E-state index contributed by atoms with van der Waals surface area (Å²) in [4.78, 5) is 24.1. The Kier molecular flexibility index (Phi) is 10.6. The fourth-order valence-corrected chi connectivity index (χ4v) is 7.11. The number of primary sulfonamides is 2. The Morgan fingerprint density at radius 3 is 0.938 bits per heavy atom. The van der Waals surface area contributed by atoms with E-state index in [1.807, 2.05) is 0 Å². The third kappa shape index (κ3) is 9.82. The van der Waals surface area contributed by atoms with Gasteiger partial charge in [-0.05, 0) is 97.1 Å². The van der Waals surface area contributed by atoms with Crippen molar-refractivity contribution in [3.63, 3.8) is 0 Å². The van der Waals surface area contributed by atoms with Crippen LogP contribution in [0.5, 0.6) is 0 Å². The predicted octanol–water partition coefficient (Wildman–Crippen LogP) is 1.94. The zero-order valence-electron chi connectivity index (χ0n) is 24.5. The molecule has 48 heavy (non-hydrogen) atoms. The molecule has 0 saturated heterocycles. The van der Waals surface area contributed by atoms with Crippen molar-refractivity contribution in [2.75, 3.05) is 20.1 Å². The maximum absolute atomic E-state index is 12.7. The summed E-state index contributed by atoms with van der Waals surface area (Å²) < 4.78 is 101. The number of carbonyl (C=O) groups is 2. The number of hydrogen-bond acceptors (Lipinski definition) is 10. The van der Waals surface area contributed by atoms with Crippen molar-refractivity contribution >= 4 is 74.7 Å². The normalized spacial score (nSPS) is 12.1. The third-order valence-corrected chi connectivity index (χ3v) is 11.0. The van der Waals surface area contributed by atoms with E-state index in [0.29, 0.717) is 0 Å². The Balaban J connectivity index is 1.25. The molecule has 16 nitrogen and oxygen atoms in total. The molecule has 254 valence electrons. The number of nitrogens with one attached hydrogen (secondary N) is 4. The highest BCUT2D eigenvalue weighted by Gasteiger charge is 2.17. The maximum atomic E-state index is 12.7. The number of amides is 2. The van der Waals surface area contributed by atoms with Crippen molar-refractivity contribution in [2.45, 2.75) is 32.4 Å². The van der Waals surface area contributed by atoms with Crippen molar-refractivity contribution in [3.8, 4) is 0 Å². The lowest BCUT2D eigenvalue weighted by Gasteiger charge is -2.11. The fourth-order valence-electron chi connectivity index (χ4n) is 3.96. The molecular formula is C28H28N6O10S4. The van der Waals surface area contributed by atoms with Crippen LogP contribution in [-0.4, -0.2) is 45.5 Å². The van der Waals surface area contributed by atoms with Gasteiger partial charge >= 0.3 is 0 Å². The molecule has 0 fully saturated rings. The number of sulfonamides is 4. The SMILES string of the molecule is NS(=O)(=O)c1ccc(NS(=O)(=O)c2ccc(NC(=O)CCC(=O)Nc3ccc(S(=O)(=O)Nc4ccc(S(N)(=O)=O)cc4)cc3)cc2)cc1. The first-order chi connectivity index (χ1) is 22.3. The lowest BCUT2D eigenvalue weighted by molar-refractivity contribution is -0.121. The molecule has 0 bridgehead atoms.